The van der Waals surface area contributed by atoms with Gasteiger partial charge >= 0.3 is 0 Å². The number of carbonyl (C=O) groups excluding carboxylic acids is 1. The fourth-order valence-corrected chi connectivity index (χ4v) is 4.53. The summed E-state index contributed by atoms with van der Waals surface area (Å²) < 4.78 is 2.02. The molecule has 29 heavy (non-hydrogen) atoms. The summed E-state index contributed by atoms with van der Waals surface area (Å²) in [5.41, 5.74) is 3.00. The lowest BCUT2D eigenvalue weighted by atomic mass is 10.2. The standard InChI is InChI=1S/C22H25N5OS/c1-15-8-3-6-12-19(15)27-20(17-9-7-13-23-14-17)25-26-22(27)29-16(2)21(28)24-18-10-4-5-11-18/h3,6-9,12-14,16,18H,4-5,10-11H2,1-2H3,(H,24,28). The summed E-state index contributed by atoms with van der Waals surface area (Å²) in [5, 5.41) is 12.5. The maximum Gasteiger partial charge on any atom is 0.233 e. The Kier molecular flexibility index (Phi) is 5.94. The molecule has 150 valence electrons. The molecule has 1 fully saturated rings. The van der Waals surface area contributed by atoms with Gasteiger partial charge in [-0.15, -0.1) is 10.2 Å². The molecule has 0 saturated heterocycles. The van der Waals surface area contributed by atoms with E-state index in [1.807, 2.05) is 41.8 Å². The van der Waals surface area contributed by atoms with Gasteiger partial charge in [0.05, 0.1) is 10.9 Å². The minimum atomic E-state index is -0.260. The van der Waals surface area contributed by atoms with Crippen LogP contribution in [-0.2, 0) is 4.79 Å². The topological polar surface area (TPSA) is 72.7 Å². The Labute approximate surface area is 175 Å². The lowest BCUT2D eigenvalue weighted by Gasteiger charge is -2.17. The van der Waals surface area contributed by atoms with Crippen LogP contribution in [0.25, 0.3) is 17.1 Å². The number of hydrogen-bond donors (Lipinski definition) is 1. The fourth-order valence-electron chi connectivity index (χ4n) is 3.66. The summed E-state index contributed by atoms with van der Waals surface area (Å²) in [6.45, 7) is 3.99. The van der Waals surface area contributed by atoms with Crippen LogP contribution < -0.4 is 5.32 Å². The number of nitrogens with zero attached hydrogens (tertiary/aromatic N) is 4. The highest BCUT2D eigenvalue weighted by atomic mass is 32.2. The Balaban J connectivity index is 1.65. The third kappa shape index (κ3) is 4.34. The number of amides is 1. The normalized spacial score (nSPS) is 15.4. The molecule has 1 amide bonds. The second kappa shape index (κ2) is 8.78. The SMILES string of the molecule is Cc1ccccc1-n1c(SC(C)C(=O)NC2CCCC2)nnc1-c1cccnc1. The number of hydrogen-bond acceptors (Lipinski definition) is 5. The van der Waals surface area contributed by atoms with Crippen LogP contribution in [0, 0.1) is 6.92 Å². The number of aryl methyl sites for hydroxylation is 1. The molecule has 1 aliphatic rings. The van der Waals surface area contributed by atoms with E-state index in [1.165, 1.54) is 24.6 Å². The van der Waals surface area contributed by atoms with Crippen molar-refractivity contribution in [1.29, 1.82) is 0 Å². The Hall–Kier alpha value is -2.67. The zero-order chi connectivity index (χ0) is 20.2. The molecule has 0 radical (unpaired) electrons. The minimum Gasteiger partial charge on any atom is -0.352 e. The predicted molar refractivity (Wildman–Crippen MR) is 115 cm³/mol. The molecule has 2 aromatic heterocycles. The van der Waals surface area contributed by atoms with Gasteiger partial charge in [0.1, 0.15) is 0 Å². The van der Waals surface area contributed by atoms with Gasteiger partial charge in [-0.1, -0.05) is 42.8 Å². The molecule has 6 nitrogen and oxygen atoms in total. The molecule has 1 unspecified atom stereocenters. The highest BCUT2D eigenvalue weighted by Gasteiger charge is 2.25. The van der Waals surface area contributed by atoms with Gasteiger partial charge in [0.25, 0.3) is 0 Å². The first-order chi connectivity index (χ1) is 14.1. The van der Waals surface area contributed by atoms with Gasteiger partial charge in [-0.3, -0.25) is 14.3 Å². The van der Waals surface area contributed by atoms with E-state index in [1.54, 1.807) is 12.4 Å². The monoisotopic (exact) mass is 407 g/mol. The zero-order valence-corrected chi connectivity index (χ0v) is 17.5. The molecule has 1 saturated carbocycles. The molecule has 0 spiro atoms. The van der Waals surface area contributed by atoms with Crippen LogP contribution in [-0.4, -0.2) is 36.9 Å². The average molecular weight is 408 g/mol. The van der Waals surface area contributed by atoms with Gasteiger partial charge in [0, 0.05) is 24.0 Å². The lowest BCUT2D eigenvalue weighted by Crippen LogP contribution is -2.37. The summed E-state index contributed by atoms with van der Waals surface area (Å²) in [5.74, 6) is 0.780. The molecular formula is C22H25N5OS. The van der Waals surface area contributed by atoms with E-state index in [4.69, 9.17) is 0 Å². The summed E-state index contributed by atoms with van der Waals surface area (Å²) in [6, 6.07) is 12.3. The van der Waals surface area contributed by atoms with E-state index in [0.717, 1.165) is 35.5 Å². The summed E-state index contributed by atoms with van der Waals surface area (Å²) in [7, 11) is 0. The van der Waals surface area contributed by atoms with Crippen LogP contribution in [0.4, 0.5) is 0 Å². The number of carbonyl (C=O) groups is 1. The first-order valence-corrected chi connectivity index (χ1v) is 10.9. The lowest BCUT2D eigenvalue weighted by molar-refractivity contribution is -0.120. The number of aromatic nitrogens is 4. The van der Waals surface area contributed by atoms with Crippen molar-refractivity contribution in [1.82, 2.24) is 25.1 Å². The van der Waals surface area contributed by atoms with Crippen molar-refractivity contribution in [2.75, 3.05) is 0 Å². The molecule has 3 aromatic rings. The van der Waals surface area contributed by atoms with Crippen LogP contribution in [0.1, 0.15) is 38.2 Å². The molecular weight excluding hydrogens is 382 g/mol. The molecule has 2 heterocycles. The van der Waals surface area contributed by atoms with Crippen LogP contribution >= 0.6 is 11.8 Å². The van der Waals surface area contributed by atoms with Crippen LogP contribution in [0.2, 0.25) is 0 Å². The number of thioether (sulfide) groups is 1. The van der Waals surface area contributed by atoms with Crippen LogP contribution in [0.5, 0.6) is 0 Å². The molecule has 1 aromatic carbocycles. The van der Waals surface area contributed by atoms with Gasteiger partial charge in [0.15, 0.2) is 11.0 Å². The third-order valence-corrected chi connectivity index (χ3v) is 6.31. The quantitative estimate of drug-likeness (QED) is 0.621. The van der Waals surface area contributed by atoms with E-state index >= 15 is 0 Å². The van der Waals surface area contributed by atoms with Gasteiger partial charge in [0.2, 0.25) is 5.91 Å². The fraction of sp³-hybridized carbons (Fsp3) is 0.364. The summed E-state index contributed by atoms with van der Waals surface area (Å²) >= 11 is 1.44. The predicted octanol–water partition coefficient (Wildman–Crippen LogP) is 4.18. The Morgan fingerprint density at radius 2 is 1.97 bits per heavy atom. The van der Waals surface area contributed by atoms with Crippen molar-refractivity contribution < 1.29 is 4.79 Å². The summed E-state index contributed by atoms with van der Waals surface area (Å²) in [6.07, 6.45) is 8.07. The number of para-hydroxylation sites is 1. The molecule has 1 atom stereocenters. The zero-order valence-electron chi connectivity index (χ0n) is 16.7. The van der Waals surface area contributed by atoms with Gasteiger partial charge in [-0.25, -0.2) is 0 Å². The Morgan fingerprint density at radius 1 is 1.17 bits per heavy atom. The number of benzene rings is 1. The first-order valence-electron chi connectivity index (χ1n) is 10.0. The second-order valence-electron chi connectivity index (χ2n) is 7.42. The third-order valence-electron chi connectivity index (χ3n) is 5.26. The van der Waals surface area contributed by atoms with Crippen molar-refractivity contribution >= 4 is 17.7 Å². The maximum absolute atomic E-state index is 12.7. The van der Waals surface area contributed by atoms with E-state index in [0.29, 0.717) is 11.2 Å². The Morgan fingerprint density at radius 3 is 2.69 bits per heavy atom. The number of rotatable bonds is 6. The van der Waals surface area contributed by atoms with E-state index in [2.05, 4.69) is 33.5 Å². The molecule has 1 N–H and O–H groups in total. The first kappa shape index (κ1) is 19.6. The maximum atomic E-state index is 12.7. The van der Waals surface area contributed by atoms with E-state index in [-0.39, 0.29) is 11.2 Å². The van der Waals surface area contributed by atoms with Crippen molar-refractivity contribution in [3.8, 4) is 17.1 Å². The van der Waals surface area contributed by atoms with Gasteiger partial charge in [-0.2, -0.15) is 0 Å². The smallest absolute Gasteiger partial charge is 0.233 e. The van der Waals surface area contributed by atoms with Crippen LogP contribution in [0.15, 0.2) is 53.9 Å². The van der Waals surface area contributed by atoms with E-state index in [9.17, 15) is 4.79 Å². The largest absolute Gasteiger partial charge is 0.352 e. The molecule has 1 aliphatic carbocycles. The Bertz CT molecular complexity index is 982. The number of pyridine rings is 1. The summed E-state index contributed by atoms with van der Waals surface area (Å²) in [4.78, 5) is 16.9. The van der Waals surface area contributed by atoms with Crippen LogP contribution in [0.3, 0.4) is 0 Å². The van der Waals surface area contributed by atoms with Crippen molar-refractivity contribution in [3.05, 3.63) is 54.4 Å². The second-order valence-corrected chi connectivity index (χ2v) is 8.73. The highest BCUT2D eigenvalue weighted by Crippen LogP contribution is 2.31. The highest BCUT2D eigenvalue weighted by molar-refractivity contribution is 8.00. The number of nitrogens with one attached hydrogen (secondary N) is 1. The van der Waals surface area contributed by atoms with Gasteiger partial charge in [-0.05, 0) is 50.5 Å². The molecule has 4 rings (SSSR count). The minimum absolute atomic E-state index is 0.0594. The van der Waals surface area contributed by atoms with Crippen molar-refractivity contribution in [3.63, 3.8) is 0 Å². The molecule has 0 bridgehead atoms. The van der Waals surface area contributed by atoms with Crippen molar-refractivity contribution in [2.45, 2.75) is 56.0 Å². The van der Waals surface area contributed by atoms with Crippen molar-refractivity contribution in [2.24, 2.45) is 0 Å². The molecule has 0 aliphatic heterocycles. The average Bonchev–Trinajstić information content (AvgIpc) is 3.39. The van der Waals surface area contributed by atoms with Gasteiger partial charge < -0.3 is 5.32 Å². The molecule has 7 heteroatoms. The van der Waals surface area contributed by atoms with E-state index < -0.39 is 0 Å².